The fourth-order valence-corrected chi connectivity index (χ4v) is 4.27. The van der Waals surface area contributed by atoms with Crippen molar-refractivity contribution in [1.29, 1.82) is 0 Å². The van der Waals surface area contributed by atoms with Crippen molar-refractivity contribution in [3.63, 3.8) is 0 Å². The van der Waals surface area contributed by atoms with Crippen molar-refractivity contribution in [2.24, 2.45) is 0 Å². The van der Waals surface area contributed by atoms with Gasteiger partial charge in [0.15, 0.2) is 6.54 Å². The van der Waals surface area contributed by atoms with E-state index >= 15 is 0 Å². The molecule has 0 aromatic heterocycles. The zero-order chi connectivity index (χ0) is 20.9. The number of nitrogens with zero attached hydrogens (tertiary/aromatic N) is 2. The molecule has 1 fully saturated rings. The first-order chi connectivity index (χ1) is 14.7. The van der Waals surface area contributed by atoms with Crippen LogP contribution in [0.5, 0.6) is 5.75 Å². The van der Waals surface area contributed by atoms with Crippen LogP contribution < -0.4 is 15.0 Å². The Hall–Kier alpha value is -3.05. The number of carbonyl (C=O) groups is 1. The SMILES string of the molecule is COc1ccccc1N1CCN(C(=O)C[NH2+][C@@H](C)c2cccc3ccccc23)CC1. The number of carbonyl (C=O) groups excluding carboxylic acids is 1. The molecule has 1 atom stereocenters. The van der Waals surface area contributed by atoms with E-state index in [-0.39, 0.29) is 11.9 Å². The summed E-state index contributed by atoms with van der Waals surface area (Å²) in [5.41, 5.74) is 2.38. The monoisotopic (exact) mass is 404 g/mol. The number of nitrogens with two attached hydrogens (primary N) is 1. The van der Waals surface area contributed by atoms with Crippen molar-refractivity contribution in [2.45, 2.75) is 13.0 Å². The second-order valence-electron chi connectivity index (χ2n) is 7.84. The summed E-state index contributed by atoms with van der Waals surface area (Å²) in [5.74, 6) is 1.09. The van der Waals surface area contributed by atoms with E-state index < -0.39 is 0 Å². The van der Waals surface area contributed by atoms with Crippen LogP contribution in [-0.2, 0) is 4.79 Å². The lowest BCUT2D eigenvalue weighted by molar-refractivity contribution is -0.682. The van der Waals surface area contributed by atoms with E-state index in [1.54, 1.807) is 7.11 Å². The lowest BCUT2D eigenvalue weighted by Crippen LogP contribution is -2.87. The molecule has 0 saturated carbocycles. The Morgan fingerprint density at radius 3 is 2.47 bits per heavy atom. The molecule has 0 bridgehead atoms. The Bertz CT molecular complexity index is 1010. The summed E-state index contributed by atoms with van der Waals surface area (Å²) in [6.07, 6.45) is 0. The highest BCUT2D eigenvalue weighted by Crippen LogP contribution is 2.28. The van der Waals surface area contributed by atoms with Crippen LogP contribution in [0.3, 0.4) is 0 Å². The second-order valence-corrected chi connectivity index (χ2v) is 7.84. The van der Waals surface area contributed by atoms with Crippen molar-refractivity contribution < 1.29 is 14.8 Å². The number of quaternary nitrogens is 1. The van der Waals surface area contributed by atoms with E-state index in [0.29, 0.717) is 6.54 Å². The Labute approximate surface area is 178 Å². The highest BCUT2D eigenvalue weighted by Gasteiger charge is 2.24. The maximum Gasteiger partial charge on any atom is 0.277 e. The standard InChI is InChI=1S/C25H29N3O2/c1-19(21-11-7-9-20-8-3-4-10-22(20)21)26-18-25(29)28-16-14-27(15-17-28)23-12-5-6-13-24(23)30-2/h3-13,19,26H,14-18H2,1-2H3/p+1/t19-/m0/s1. The molecule has 2 N–H and O–H groups in total. The number of anilines is 1. The Morgan fingerprint density at radius 1 is 0.967 bits per heavy atom. The van der Waals surface area contributed by atoms with E-state index in [9.17, 15) is 4.79 Å². The molecule has 0 unspecified atom stereocenters. The molecule has 1 aliphatic rings. The Kier molecular flexibility index (Phi) is 6.19. The van der Waals surface area contributed by atoms with Gasteiger partial charge in [-0.05, 0) is 29.8 Å². The third-order valence-electron chi connectivity index (χ3n) is 6.02. The van der Waals surface area contributed by atoms with Gasteiger partial charge in [-0.3, -0.25) is 4.79 Å². The molecular formula is C25H30N3O2+. The van der Waals surface area contributed by atoms with E-state index in [4.69, 9.17) is 4.74 Å². The van der Waals surface area contributed by atoms with Crippen molar-refractivity contribution in [3.8, 4) is 5.75 Å². The van der Waals surface area contributed by atoms with Gasteiger partial charge in [0.25, 0.3) is 5.91 Å². The van der Waals surface area contributed by atoms with Crippen LogP contribution in [0.15, 0.2) is 66.7 Å². The highest BCUT2D eigenvalue weighted by atomic mass is 16.5. The van der Waals surface area contributed by atoms with Gasteiger partial charge >= 0.3 is 0 Å². The number of hydrogen-bond acceptors (Lipinski definition) is 3. The number of para-hydroxylation sites is 2. The maximum absolute atomic E-state index is 12.8. The molecule has 5 nitrogen and oxygen atoms in total. The molecule has 0 spiro atoms. The largest absolute Gasteiger partial charge is 0.495 e. The number of amides is 1. The van der Waals surface area contributed by atoms with E-state index in [1.165, 1.54) is 16.3 Å². The minimum Gasteiger partial charge on any atom is -0.495 e. The van der Waals surface area contributed by atoms with E-state index in [2.05, 4.69) is 65.7 Å². The van der Waals surface area contributed by atoms with Gasteiger partial charge in [0, 0.05) is 31.7 Å². The van der Waals surface area contributed by atoms with Gasteiger partial charge in [-0.2, -0.15) is 0 Å². The molecule has 0 radical (unpaired) electrons. The molecule has 156 valence electrons. The molecule has 4 rings (SSSR count). The van der Waals surface area contributed by atoms with Crippen molar-refractivity contribution >= 4 is 22.4 Å². The van der Waals surface area contributed by atoms with Gasteiger partial charge in [0.1, 0.15) is 11.8 Å². The molecule has 0 aliphatic carbocycles. The predicted octanol–water partition coefficient (Wildman–Crippen LogP) is 2.82. The summed E-state index contributed by atoms with van der Waals surface area (Å²) in [6.45, 7) is 5.78. The number of methoxy groups -OCH3 is 1. The lowest BCUT2D eigenvalue weighted by Gasteiger charge is -2.36. The van der Waals surface area contributed by atoms with Crippen LogP contribution in [0.25, 0.3) is 10.8 Å². The van der Waals surface area contributed by atoms with Gasteiger partial charge in [-0.1, -0.05) is 54.6 Å². The van der Waals surface area contributed by atoms with Gasteiger partial charge in [-0.15, -0.1) is 0 Å². The van der Waals surface area contributed by atoms with Gasteiger partial charge < -0.3 is 19.9 Å². The fraction of sp³-hybridized carbons (Fsp3) is 0.320. The third kappa shape index (κ3) is 4.26. The molecule has 1 heterocycles. The smallest absolute Gasteiger partial charge is 0.277 e. The zero-order valence-electron chi connectivity index (χ0n) is 17.8. The average Bonchev–Trinajstić information content (AvgIpc) is 2.82. The molecule has 1 saturated heterocycles. The molecule has 3 aromatic rings. The summed E-state index contributed by atoms with van der Waals surface area (Å²) < 4.78 is 5.48. The number of rotatable bonds is 6. The zero-order valence-corrected chi connectivity index (χ0v) is 17.8. The number of fused-ring (bicyclic) bond motifs is 1. The fourth-order valence-electron chi connectivity index (χ4n) is 4.27. The molecule has 1 aliphatic heterocycles. The van der Waals surface area contributed by atoms with Crippen LogP contribution in [0.2, 0.25) is 0 Å². The quantitative estimate of drug-likeness (QED) is 0.687. The molecule has 30 heavy (non-hydrogen) atoms. The number of piperazine rings is 1. The first-order valence-electron chi connectivity index (χ1n) is 10.6. The summed E-state index contributed by atoms with van der Waals surface area (Å²) in [6, 6.07) is 23.1. The topological polar surface area (TPSA) is 49.4 Å². The van der Waals surface area contributed by atoms with Gasteiger partial charge in [0.2, 0.25) is 0 Å². The Morgan fingerprint density at radius 2 is 1.67 bits per heavy atom. The maximum atomic E-state index is 12.8. The Balaban J connectivity index is 1.33. The first-order valence-corrected chi connectivity index (χ1v) is 10.6. The van der Waals surface area contributed by atoms with Crippen LogP contribution in [-0.4, -0.2) is 50.6 Å². The van der Waals surface area contributed by atoms with Crippen molar-refractivity contribution in [3.05, 3.63) is 72.3 Å². The predicted molar refractivity (Wildman–Crippen MR) is 121 cm³/mol. The number of benzene rings is 3. The first kappa shape index (κ1) is 20.2. The summed E-state index contributed by atoms with van der Waals surface area (Å²) in [4.78, 5) is 17.1. The number of ether oxygens (including phenoxy) is 1. The summed E-state index contributed by atoms with van der Waals surface area (Å²) >= 11 is 0. The van der Waals surface area contributed by atoms with Crippen molar-refractivity contribution in [1.82, 2.24) is 4.90 Å². The number of hydrogen-bond donors (Lipinski definition) is 1. The summed E-state index contributed by atoms with van der Waals surface area (Å²) in [5, 5.41) is 4.66. The van der Waals surface area contributed by atoms with Crippen LogP contribution in [0, 0.1) is 0 Å². The highest BCUT2D eigenvalue weighted by molar-refractivity contribution is 5.86. The van der Waals surface area contributed by atoms with Crippen molar-refractivity contribution in [2.75, 3.05) is 44.7 Å². The third-order valence-corrected chi connectivity index (χ3v) is 6.02. The second kappa shape index (κ2) is 9.18. The normalized spacial score (nSPS) is 15.3. The lowest BCUT2D eigenvalue weighted by atomic mass is 10.00. The van der Waals surface area contributed by atoms with E-state index in [0.717, 1.165) is 37.6 Å². The van der Waals surface area contributed by atoms with Crippen LogP contribution in [0.4, 0.5) is 5.69 Å². The van der Waals surface area contributed by atoms with Crippen LogP contribution >= 0.6 is 0 Å². The van der Waals surface area contributed by atoms with E-state index in [1.807, 2.05) is 23.1 Å². The minimum absolute atomic E-state index is 0.210. The van der Waals surface area contributed by atoms with Gasteiger partial charge in [-0.25, -0.2) is 0 Å². The van der Waals surface area contributed by atoms with Gasteiger partial charge in [0.05, 0.1) is 12.8 Å². The molecule has 1 amide bonds. The van der Waals surface area contributed by atoms with Crippen LogP contribution in [0.1, 0.15) is 18.5 Å². The molecule has 5 heteroatoms. The molecular weight excluding hydrogens is 374 g/mol. The minimum atomic E-state index is 0.210. The molecule has 3 aromatic carbocycles. The average molecular weight is 405 g/mol. The summed E-state index contributed by atoms with van der Waals surface area (Å²) in [7, 11) is 1.70.